The van der Waals surface area contributed by atoms with Gasteiger partial charge in [-0.1, -0.05) is 11.8 Å². The highest BCUT2D eigenvalue weighted by Crippen LogP contribution is 2.38. The van der Waals surface area contributed by atoms with E-state index in [-0.39, 0.29) is 17.7 Å². The van der Waals surface area contributed by atoms with Crippen molar-refractivity contribution in [3.8, 4) is 22.8 Å². The zero-order valence-corrected chi connectivity index (χ0v) is 18.0. The number of rotatable bonds is 7. The number of amides is 1. The maximum atomic E-state index is 12.0. The van der Waals surface area contributed by atoms with E-state index in [0.717, 1.165) is 26.5 Å². The van der Waals surface area contributed by atoms with Gasteiger partial charge in [0.15, 0.2) is 11.5 Å². The van der Waals surface area contributed by atoms with Crippen molar-refractivity contribution in [2.45, 2.75) is 31.8 Å². The predicted molar refractivity (Wildman–Crippen MR) is 112 cm³/mol. The molecule has 0 radical (unpaired) electrons. The molecule has 0 unspecified atom stereocenters. The molecule has 1 N–H and O–H groups in total. The number of hydrogen-bond acceptors (Lipinski definition) is 8. The molecule has 0 atom stereocenters. The first-order valence-electron chi connectivity index (χ1n) is 8.71. The lowest BCUT2D eigenvalue weighted by Crippen LogP contribution is -2.31. The van der Waals surface area contributed by atoms with E-state index in [2.05, 4.69) is 20.5 Å². The topological polar surface area (TPSA) is 86.2 Å². The summed E-state index contributed by atoms with van der Waals surface area (Å²) in [6, 6.07) is 5.74. The van der Waals surface area contributed by atoms with Gasteiger partial charge in [-0.25, -0.2) is 4.98 Å². The summed E-state index contributed by atoms with van der Waals surface area (Å²) < 4.78 is 11.6. The minimum atomic E-state index is -0.0362. The Bertz CT molecular complexity index is 1000. The van der Waals surface area contributed by atoms with E-state index in [9.17, 15) is 4.79 Å². The Balaban J connectivity index is 1.97. The predicted octanol–water partition coefficient (Wildman–Crippen LogP) is 3.70. The summed E-state index contributed by atoms with van der Waals surface area (Å²) in [5, 5.41) is 13.2. The molecule has 9 heteroatoms. The third kappa shape index (κ3) is 4.36. The van der Waals surface area contributed by atoms with Crippen LogP contribution in [0.5, 0.6) is 11.5 Å². The monoisotopic (exact) mass is 418 g/mol. The number of methoxy groups -OCH3 is 2. The molecular formula is C19H22N4O3S2. The van der Waals surface area contributed by atoms with Crippen LogP contribution in [0.3, 0.4) is 0 Å². The van der Waals surface area contributed by atoms with Crippen LogP contribution in [-0.2, 0) is 4.79 Å². The number of aromatic nitrogens is 3. The van der Waals surface area contributed by atoms with Crippen molar-refractivity contribution >= 4 is 39.2 Å². The van der Waals surface area contributed by atoms with Crippen LogP contribution in [0.25, 0.3) is 21.5 Å². The molecule has 0 saturated carbocycles. The zero-order chi connectivity index (χ0) is 20.3. The van der Waals surface area contributed by atoms with E-state index in [1.807, 2.05) is 39.0 Å². The highest BCUT2D eigenvalue weighted by Gasteiger charge is 2.18. The van der Waals surface area contributed by atoms with E-state index in [1.54, 1.807) is 25.6 Å². The SMILES string of the molecule is COc1ccc(-c2nnc(SCC(=O)NC(C)C)c3nc(C)sc23)cc1OC. The standard InChI is InChI=1S/C19H22N4O3S2/c1-10(2)20-15(24)9-27-19-17-18(28-11(3)21-17)16(22-23-19)12-6-7-13(25-4)14(8-12)26-5/h6-8,10H,9H2,1-5H3,(H,20,24). The molecule has 3 aromatic rings. The quantitative estimate of drug-likeness (QED) is 0.586. The van der Waals surface area contributed by atoms with Crippen molar-refractivity contribution in [1.29, 1.82) is 0 Å². The number of nitrogens with zero attached hydrogens (tertiary/aromatic N) is 3. The summed E-state index contributed by atoms with van der Waals surface area (Å²) in [5.41, 5.74) is 2.37. The second-order valence-electron chi connectivity index (χ2n) is 6.35. The van der Waals surface area contributed by atoms with Gasteiger partial charge in [-0.15, -0.1) is 21.5 Å². The van der Waals surface area contributed by atoms with Crippen molar-refractivity contribution in [3.63, 3.8) is 0 Å². The molecular weight excluding hydrogens is 396 g/mol. The number of carbonyl (C=O) groups excluding carboxylic acids is 1. The Morgan fingerprint density at radius 3 is 2.64 bits per heavy atom. The van der Waals surface area contributed by atoms with Crippen LogP contribution in [0, 0.1) is 6.92 Å². The Morgan fingerprint density at radius 1 is 1.21 bits per heavy atom. The normalized spacial score (nSPS) is 11.1. The molecule has 2 aromatic heterocycles. The first kappa shape index (κ1) is 20.3. The Kier molecular flexibility index (Phi) is 6.35. The summed E-state index contributed by atoms with van der Waals surface area (Å²) in [6.07, 6.45) is 0. The summed E-state index contributed by atoms with van der Waals surface area (Å²) in [5.74, 6) is 1.51. The van der Waals surface area contributed by atoms with Crippen LogP contribution in [0.15, 0.2) is 23.2 Å². The average Bonchev–Trinajstić information content (AvgIpc) is 3.06. The molecule has 0 bridgehead atoms. The highest BCUT2D eigenvalue weighted by atomic mass is 32.2. The van der Waals surface area contributed by atoms with Crippen LogP contribution >= 0.6 is 23.1 Å². The summed E-state index contributed by atoms with van der Waals surface area (Å²) in [4.78, 5) is 16.6. The number of thiazole rings is 1. The molecule has 3 rings (SSSR count). The van der Waals surface area contributed by atoms with E-state index < -0.39 is 0 Å². The molecule has 7 nitrogen and oxygen atoms in total. The van der Waals surface area contributed by atoms with E-state index in [1.165, 1.54) is 11.8 Å². The van der Waals surface area contributed by atoms with Crippen LogP contribution in [0.2, 0.25) is 0 Å². The maximum Gasteiger partial charge on any atom is 0.230 e. The molecule has 0 aliphatic carbocycles. The number of nitrogens with one attached hydrogen (secondary N) is 1. The van der Waals surface area contributed by atoms with Gasteiger partial charge in [-0.05, 0) is 39.0 Å². The van der Waals surface area contributed by atoms with E-state index >= 15 is 0 Å². The number of hydrogen-bond donors (Lipinski definition) is 1. The van der Waals surface area contributed by atoms with Gasteiger partial charge in [0.2, 0.25) is 5.91 Å². The van der Waals surface area contributed by atoms with Crippen molar-refractivity contribution in [3.05, 3.63) is 23.2 Å². The third-order valence-corrected chi connectivity index (χ3v) is 5.77. The minimum Gasteiger partial charge on any atom is -0.493 e. The number of fused-ring (bicyclic) bond motifs is 1. The molecule has 1 amide bonds. The molecule has 0 aliphatic rings. The lowest BCUT2D eigenvalue weighted by atomic mass is 10.1. The number of benzene rings is 1. The van der Waals surface area contributed by atoms with Gasteiger partial charge in [-0.3, -0.25) is 4.79 Å². The number of ether oxygens (including phenoxy) is 2. The molecule has 0 fully saturated rings. The largest absolute Gasteiger partial charge is 0.493 e. The maximum absolute atomic E-state index is 12.0. The fourth-order valence-corrected chi connectivity index (χ4v) is 4.41. The average molecular weight is 419 g/mol. The van der Waals surface area contributed by atoms with Crippen LogP contribution in [-0.4, -0.2) is 47.1 Å². The number of aryl methyl sites for hydroxylation is 1. The van der Waals surface area contributed by atoms with Gasteiger partial charge in [0.05, 0.1) is 29.7 Å². The van der Waals surface area contributed by atoms with Crippen molar-refractivity contribution < 1.29 is 14.3 Å². The van der Waals surface area contributed by atoms with Gasteiger partial charge in [0, 0.05) is 11.6 Å². The second-order valence-corrected chi connectivity index (χ2v) is 8.51. The van der Waals surface area contributed by atoms with Gasteiger partial charge < -0.3 is 14.8 Å². The summed E-state index contributed by atoms with van der Waals surface area (Å²) in [7, 11) is 3.20. The molecule has 148 valence electrons. The third-order valence-electron chi connectivity index (χ3n) is 3.84. The Hall–Kier alpha value is -2.39. The van der Waals surface area contributed by atoms with Crippen molar-refractivity contribution in [2.24, 2.45) is 0 Å². The van der Waals surface area contributed by atoms with Gasteiger partial charge in [-0.2, -0.15) is 0 Å². The van der Waals surface area contributed by atoms with Crippen LogP contribution in [0.1, 0.15) is 18.9 Å². The lowest BCUT2D eigenvalue weighted by molar-refractivity contribution is -0.119. The first-order valence-corrected chi connectivity index (χ1v) is 10.5. The van der Waals surface area contributed by atoms with Crippen molar-refractivity contribution in [1.82, 2.24) is 20.5 Å². The van der Waals surface area contributed by atoms with Gasteiger partial charge in [0.1, 0.15) is 16.2 Å². The molecule has 0 aliphatic heterocycles. The van der Waals surface area contributed by atoms with Gasteiger partial charge >= 0.3 is 0 Å². The van der Waals surface area contributed by atoms with E-state index in [4.69, 9.17) is 9.47 Å². The number of thioether (sulfide) groups is 1. The fraction of sp³-hybridized carbons (Fsp3) is 0.368. The molecule has 2 heterocycles. The first-order chi connectivity index (χ1) is 13.4. The van der Waals surface area contributed by atoms with Crippen LogP contribution < -0.4 is 14.8 Å². The fourth-order valence-electron chi connectivity index (χ4n) is 2.69. The molecule has 0 saturated heterocycles. The minimum absolute atomic E-state index is 0.0362. The molecule has 1 aromatic carbocycles. The van der Waals surface area contributed by atoms with Gasteiger partial charge in [0.25, 0.3) is 0 Å². The smallest absolute Gasteiger partial charge is 0.230 e. The molecule has 0 spiro atoms. The second kappa shape index (κ2) is 8.74. The van der Waals surface area contributed by atoms with Crippen molar-refractivity contribution in [2.75, 3.05) is 20.0 Å². The van der Waals surface area contributed by atoms with Crippen LogP contribution in [0.4, 0.5) is 0 Å². The highest BCUT2D eigenvalue weighted by molar-refractivity contribution is 8.00. The summed E-state index contributed by atoms with van der Waals surface area (Å²) in [6.45, 7) is 5.81. The Labute approximate surface area is 171 Å². The van der Waals surface area contributed by atoms with E-state index in [0.29, 0.717) is 16.5 Å². The lowest BCUT2D eigenvalue weighted by Gasteiger charge is -2.10. The number of carbonyl (C=O) groups is 1. The summed E-state index contributed by atoms with van der Waals surface area (Å²) >= 11 is 2.90. The molecule has 28 heavy (non-hydrogen) atoms. The Morgan fingerprint density at radius 2 is 1.96 bits per heavy atom. The zero-order valence-electron chi connectivity index (χ0n) is 16.4.